The Morgan fingerprint density at radius 3 is 2.91 bits per heavy atom. The highest BCUT2D eigenvalue weighted by atomic mass is 19.1. The molecule has 0 bridgehead atoms. The van der Waals surface area contributed by atoms with Gasteiger partial charge in [-0.05, 0) is 63.6 Å². The highest BCUT2D eigenvalue weighted by Crippen LogP contribution is 2.34. The molecule has 7 heteroatoms. The van der Waals surface area contributed by atoms with Crippen molar-refractivity contribution in [1.82, 2.24) is 14.9 Å². The number of allylic oxidation sites excluding steroid dienone is 1. The van der Waals surface area contributed by atoms with E-state index in [1.807, 2.05) is 20.8 Å². The van der Waals surface area contributed by atoms with Gasteiger partial charge in [0, 0.05) is 37.3 Å². The van der Waals surface area contributed by atoms with Crippen LogP contribution in [0.15, 0.2) is 30.5 Å². The predicted molar refractivity (Wildman–Crippen MR) is 128 cm³/mol. The summed E-state index contributed by atoms with van der Waals surface area (Å²) in [6.07, 6.45) is 6.52. The van der Waals surface area contributed by atoms with E-state index in [9.17, 15) is 9.18 Å². The Morgan fingerprint density at radius 1 is 1.33 bits per heavy atom. The molecule has 33 heavy (non-hydrogen) atoms. The number of fused-ring (bicyclic) bond motifs is 1. The Balaban J connectivity index is 1.54. The molecule has 6 nitrogen and oxygen atoms in total. The first kappa shape index (κ1) is 23.2. The van der Waals surface area contributed by atoms with E-state index in [0.717, 1.165) is 41.7 Å². The molecular weight excluding hydrogens is 419 g/mol. The van der Waals surface area contributed by atoms with Gasteiger partial charge in [0.2, 0.25) is 5.95 Å². The number of aromatic nitrogens is 2. The molecule has 1 aliphatic carbocycles. The number of nitrogens with one attached hydrogen (secondary N) is 1. The highest BCUT2D eigenvalue weighted by molar-refractivity contribution is 5.84. The summed E-state index contributed by atoms with van der Waals surface area (Å²) in [6, 6.07) is 6.44. The van der Waals surface area contributed by atoms with E-state index in [-0.39, 0.29) is 18.6 Å². The number of halogens is 1. The van der Waals surface area contributed by atoms with E-state index in [1.54, 1.807) is 11.1 Å². The lowest BCUT2D eigenvalue weighted by Crippen LogP contribution is -2.47. The van der Waals surface area contributed by atoms with Crippen molar-refractivity contribution in [2.45, 2.75) is 65.0 Å². The average molecular weight is 453 g/mol. The minimum atomic E-state index is -0.522. The average Bonchev–Trinajstić information content (AvgIpc) is 3.17. The molecule has 1 atom stereocenters. The molecule has 0 radical (unpaired) electrons. The summed E-state index contributed by atoms with van der Waals surface area (Å²) >= 11 is 0. The molecule has 1 N–H and O–H groups in total. The van der Waals surface area contributed by atoms with Crippen molar-refractivity contribution in [3.05, 3.63) is 58.4 Å². The van der Waals surface area contributed by atoms with Gasteiger partial charge >= 0.3 is 6.09 Å². The molecule has 4 rings (SSSR count). The number of carbonyl (C=O) groups excluding carboxylic acids is 1. The van der Waals surface area contributed by atoms with E-state index in [4.69, 9.17) is 9.72 Å². The van der Waals surface area contributed by atoms with Crippen molar-refractivity contribution in [1.29, 1.82) is 0 Å². The van der Waals surface area contributed by atoms with Gasteiger partial charge in [-0.3, -0.25) is 4.39 Å². The van der Waals surface area contributed by atoms with Crippen LogP contribution in [-0.2, 0) is 17.6 Å². The maximum atomic E-state index is 13.3. The number of amides is 1. The molecule has 1 aromatic carbocycles. The number of ether oxygens (including phenoxy) is 1. The van der Waals surface area contributed by atoms with Crippen molar-refractivity contribution in [2.75, 3.05) is 25.1 Å². The van der Waals surface area contributed by atoms with Crippen molar-refractivity contribution < 1.29 is 13.9 Å². The molecule has 176 valence electrons. The zero-order chi connectivity index (χ0) is 23.6. The monoisotopic (exact) mass is 452 g/mol. The summed E-state index contributed by atoms with van der Waals surface area (Å²) < 4.78 is 18.8. The lowest BCUT2D eigenvalue weighted by atomic mass is 9.98. The first-order valence-electron chi connectivity index (χ1n) is 11.7. The Morgan fingerprint density at radius 2 is 2.15 bits per heavy atom. The molecule has 1 fully saturated rings. The fraction of sp³-hybridized carbons (Fsp3) is 0.500. The fourth-order valence-corrected chi connectivity index (χ4v) is 4.46. The Bertz CT molecular complexity index is 1060. The number of piperidine rings is 1. The molecule has 1 amide bonds. The van der Waals surface area contributed by atoms with E-state index < -0.39 is 12.3 Å². The summed E-state index contributed by atoms with van der Waals surface area (Å²) in [5.74, 6) is 0.505. The summed E-state index contributed by atoms with van der Waals surface area (Å²) in [5, 5.41) is 3.40. The molecule has 1 aromatic heterocycles. The van der Waals surface area contributed by atoms with Gasteiger partial charge < -0.3 is 15.0 Å². The molecule has 0 saturated carbocycles. The van der Waals surface area contributed by atoms with Gasteiger partial charge in [-0.15, -0.1) is 0 Å². The van der Waals surface area contributed by atoms with Crippen LogP contribution in [0.4, 0.5) is 15.1 Å². The number of likely N-dealkylation sites (tertiary alicyclic amines) is 1. The highest BCUT2D eigenvalue weighted by Gasteiger charge is 2.28. The molecule has 2 aromatic rings. The summed E-state index contributed by atoms with van der Waals surface area (Å²) in [5.41, 5.74) is 5.76. The van der Waals surface area contributed by atoms with Gasteiger partial charge in [-0.2, -0.15) is 0 Å². The third kappa shape index (κ3) is 5.52. The third-order valence-corrected chi connectivity index (χ3v) is 5.97. The summed E-state index contributed by atoms with van der Waals surface area (Å²) in [6.45, 7) is 8.46. The van der Waals surface area contributed by atoms with Gasteiger partial charge in [0.25, 0.3) is 0 Å². The van der Waals surface area contributed by atoms with Crippen molar-refractivity contribution in [2.24, 2.45) is 0 Å². The number of anilines is 1. The molecular formula is C26H33FN4O2. The molecule has 2 aliphatic rings. The topological polar surface area (TPSA) is 67.4 Å². The second-order valence-corrected chi connectivity index (χ2v) is 9.90. The van der Waals surface area contributed by atoms with Crippen LogP contribution in [0.1, 0.15) is 61.6 Å². The van der Waals surface area contributed by atoms with Crippen LogP contribution in [0.3, 0.4) is 0 Å². The van der Waals surface area contributed by atoms with Crippen LogP contribution in [0.25, 0.3) is 5.57 Å². The minimum absolute atomic E-state index is 0.0265. The first-order valence-corrected chi connectivity index (χ1v) is 11.7. The number of nitrogens with zero attached hydrogens (tertiary/aromatic N) is 3. The normalized spacial score (nSPS) is 18.0. The SMILES string of the molecule is Cc1ccc2c(c1)CC=C2c1nc(NC2CCCN(C(=O)OC(C)(C)C)C2)ncc1CCF. The van der Waals surface area contributed by atoms with Gasteiger partial charge in [-0.1, -0.05) is 29.8 Å². The van der Waals surface area contributed by atoms with Crippen LogP contribution in [0, 0.1) is 6.92 Å². The van der Waals surface area contributed by atoms with Crippen LogP contribution in [0.5, 0.6) is 0 Å². The van der Waals surface area contributed by atoms with E-state index in [1.165, 1.54) is 11.1 Å². The lowest BCUT2D eigenvalue weighted by Gasteiger charge is -2.34. The number of alkyl halides is 1. The van der Waals surface area contributed by atoms with Crippen LogP contribution in [0.2, 0.25) is 0 Å². The van der Waals surface area contributed by atoms with E-state index in [0.29, 0.717) is 19.0 Å². The molecule has 2 heterocycles. The standard InChI is InChI=1S/C26H33FN4O2/c1-17-7-9-21-18(14-17)8-10-22(21)23-19(11-12-27)15-28-24(30-23)29-20-6-5-13-31(16-20)25(32)33-26(2,3)4/h7,9-10,14-15,20H,5-6,8,11-13,16H2,1-4H3,(H,28,29,30). The second kappa shape index (κ2) is 9.49. The zero-order valence-electron chi connectivity index (χ0n) is 19.9. The Labute approximate surface area is 195 Å². The number of benzene rings is 1. The zero-order valence-corrected chi connectivity index (χ0v) is 19.9. The number of rotatable bonds is 5. The van der Waals surface area contributed by atoms with Crippen molar-refractivity contribution >= 4 is 17.6 Å². The molecule has 1 saturated heterocycles. The first-order chi connectivity index (χ1) is 15.7. The van der Waals surface area contributed by atoms with Crippen molar-refractivity contribution in [3.8, 4) is 0 Å². The third-order valence-electron chi connectivity index (χ3n) is 5.97. The van der Waals surface area contributed by atoms with Gasteiger partial charge in [0.1, 0.15) is 5.60 Å². The smallest absolute Gasteiger partial charge is 0.410 e. The predicted octanol–water partition coefficient (Wildman–Crippen LogP) is 5.10. The van der Waals surface area contributed by atoms with Crippen LogP contribution >= 0.6 is 0 Å². The number of hydrogen-bond donors (Lipinski definition) is 1. The maximum absolute atomic E-state index is 13.3. The summed E-state index contributed by atoms with van der Waals surface area (Å²) in [7, 11) is 0. The second-order valence-electron chi connectivity index (χ2n) is 9.90. The van der Waals surface area contributed by atoms with Crippen molar-refractivity contribution in [3.63, 3.8) is 0 Å². The molecule has 1 unspecified atom stereocenters. The van der Waals surface area contributed by atoms with Crippen LogP contribution < -0.4 is 5.32 Å². The van der Waals surface area contributed by atoms with Gasteiger partial charge in [0.15, 0.2) is 0 Å². The largest absolute Gasteiger partial charge is 0.444 e. The molecule has 1 aliphatic heterocycles. The van der Waals surface area contributed by atoms with Gasteiger partial charge in [0.05, 0.1) is 12.4 Å². The van der Waals surface area contributed by atoms with E-state index >= 15 is 0 Å². The Hall–Kier alpha value is -2.96. The molecule has 0 spiro atoms. The fourth-order valence-electron chi connectivity index (χ4n) is 4.46. The minimum Gasteiger partial charge on any atom is -0.444 e. The number of aryl methyl sites for hydroxylation is 2. The number of hydrogen-bond acceptors (Lipinski definition) is 5. The summed E-state index contributed by atoms with van der Waals surface area (Å²) in [4.78, 5) is 23.5. The quantitative estimate of drug-likeness (QED) is 0.684. The number of carbonyl (C=O) groups is 1. The van der Waals surface area contributed by atoms with E-state index in [2.05, 4.69) is 41.5 Å². The maximum Gasteiger partial charge on any atom is 0.410 e. The van der Waals surface area contributed by atoms with Crippen LogP contribution in [-0.4, -0.2) is 52.4 Å². The Kier molecular flexibility index (Phi) is 6.68. The lowest BCUT2D eigenvalue weighted by molar-refractivity contribution is 0.0206. The van der Waals surface area contributed by atoms with Gasteiger partial charge in [-0.25, -0.2) is 14.8 Å².